The van der Waals surface area contributed by atoms with Crippen molar-refractivity contribution in [3.05, 3.63) is 23.3 Å². The third-order valence-electron chi connectivity index (χ3n) is 2.41. The zero-order valence-electron chi connectivity index (χ0n) is 7.46. The predicted octanol–water partition coefficient (Wildman–Crippen LogP) is 1.41. The van der Waals surface area contributed by atoms with E-state index >= 15 is 0 Å². The van der Waals surface area contributed by atoms with E-state index in [4.69, 9.17) is 10.5 Å². The second-order valence-electron chi connectivity index (χ2n) is 3.14. The number of fused-ring (bicyclic) bond motifs is 1. The van der Waals surface area contributed by atoms with Crippen LogP contribution in [0.3, 0.4) is 0 Å². The summed E-state index contributed by atoms with van der Waals surface area (Å²) >= 11 is 0. The fraction of sp³-hybridized carbons (Fsp3) is 0.300. The van der Waals surface area contributed by atoms with E-state index in [2.05, 4.69) is 0 Å². The fourth-order valence-corrected chi connectivity index (χ4v) is 1.73. The molecule has 0 amide bonds. The number of ketones is 1. The molecule has 0 saturated heterocycles. The number of rotatable bonds is 1. The number of benzene rings is 1. The number of nitrogen functional groups attached to an aromatic ring is 1. The molecule has 0 aliphatic heterocycles. The number of hydrogen-bond donors (Lipinski definition) is 1. The highest BCUT2D eigenvalue weighted by atomic mass is 16.5. The van der Waals surface area contributed by atoms with Crippen LogP contribution in [0.5, 0.6) is 5.75 Å². The van der Waals surface area contributed by atoms with Crippen LogP contribution in [0.15, 0.2) is 12.1 Å². The average molecular weight is 177 g/mol. The summed E-state index contributed by atoms with van der Waals surface area (Å²) in [4.78, 5) is 11.4. The van der Waals surface area contributed by atoms with Gasteiger partial charge in [0.15, 0.2) is 5.78 Å². The van der Waals surface area contributed by atoms with Gasteiger partial charge in [0.05, 0.1) is 12.8 Å². The summed E-state index contributed by atoms with van der Waals surface area (Å²) in [6.07, 6.45) is 1.38. The van der Waals surface area contributed by atoms with Crippen LogP contribution in [0.2, 0.25) is 0 Å². The lowest BCUT2D eigenvalue weighted by atomic mass is 10.1. The molecule has 13 heavy (non-hydrogen) atoms. The summed E-state index contributed by atoms with van der Waals surface area (Å²) in [5, 5.41) is 0. The van der Waals surface area contributed by atoms with Crippen molar-refractivity contribution >= 4 is 11.5 Å². The molecule has 68 valence electrons. The van der Waals surface area contributed by atoms with Gasteiger partial charge < -0.3 is 10.5 Å². The first kappa shape index (κ1) is 8.10. The normalized spacial score (nSPS) is 14.4. The maximum absolute atomic E-state index is 11.4. The number of carbonyl (C=O) groups is 1. The number of nitrogens with two attached hydrogens (primary N) is 1. The van der Waals surface area contributed by atoms with Crippen molar-refractivity contribution < 1.29 is 9.53 Å². The van der Waals surface area contributed by atoms with Gasteiger partial charge >= 0.3 is 0 Å². The van der Waals surface area contributed by atoms with E-state index < -0.39 is 0 Å². The molecule has 1 aromatic carbocycles. The molecule has 0 atom stereocenters. The molecule has 1 aliphatic rings. The minimum atomic E-state index is 0.131. The Morgan fingerprint density at radius 2 is 2.15 bits per heavy atom. The maximum atomic E-state index is 11.4. The van der Waals surface area contributed by atoms with E-state index in [0.29, 0.717) is 23.4 Å². The second kappa shape index (κ2) is 2.76. The molecular formula is C10H11NO2. The maximum Gasteiger partial charge on any atom is 0.165 e. The second-order valence-corrected chi connectivity index (χ2v) is 3.14. The van der Waals surface area contributed by atoms with Crippen LogP contribution in [0.25, 0.3) is 0 Å². The lowest BCUT2D eigenvalue weighted by Crippen LogP contribution is -2.01. The van der Waals surface area contributed by atoms with Crippen LogP contribution in [-0.2, 0) is 6.42 Å². The van der Waals surface area contributed by atoms with Crippen molar-refractivity contribution in [2.24, 2.45) is 0 Å². The van der Waals surface area contributed by atoms with Crippen molar-refractivity contribution in [2.75, 3.05) is 12.8 Å². The molecule has 3 heteroatoms. The molecule has 0 heterocycles. The third kappa shape index (κ3) is 1.08. The Hall–Kier alpha value is -1.51. The van der Waals surface area contributed by atoms with Crippen LogP contribution < -0.4 is 10.5 Å². The largest absolute Gasteiger partial charge is 0.495 e. The molecule has 0 saturated carbocycles. The Kier molecular flexibility index (Phi) is 1.72. The van der Waals surface area contributed by atoms with Gasteiger partial charge in [0.2, 0.25) is 0 Å². The van der Waals surface area contributed by atoms with Gasteiger partial charge in [-0.2, -0.15) is 0 Å². The topological polar surface area (TPSA) is 52.3 Å². The minimum absolute atomic E-state index is 0.131. The number of anilines is 1. The first-order valence-corrected chi connectivity index (χ1v) is 4.22. The summed E-state index contributed by atoms with van der Waals surface area (Å²) in [5.41, 5.74) is 7.99. The molecule has 1 aromatic rings. The minimum Gasteiger partial charge on any atom is -0.495 e. The van der Waals surface area contributed by atoms with Gasteiger partial charge in [-0.15, -0.1) is 0 Å². The predicted molar refractivity (Wildman–Crippen MR) is 50.1 cm³/mol. The first-order valence-electron chi connectivity index (χ1n) is 4.22. The highest BCUT2D eigenvalue weighted by molar-refractivity contribution is 6.05. The molecule has 2 N–H and O–H groups in total. The smallest absolute Gasteiger partial charge is 0.165 e. The molecule has 0 unspecified atom stereocenters. The summed E-state index contributed by atoms with van der Waals surface area (Å²) < 4.78 is 5.04. The summed E-state index contributed by atoms with van der Waals surface area (Å²) in [6.45, 7) is 0. The Bertz CT molecular complexity index is 371. The third-order valence-corrected chi connectivity index (χ3v) is 2.41. The molecule has 0 aromatic heterocycles. The van der Waals surface area contributed by atoms with E-state index in [1.807, 2.05) is 12.1 Å². The Balaban J connectivity index is 2.63. The van der Waals surface area contributed by atoms with Crippen LogP contribution in [0, 0.1) is 0 Å². The van der Waals surface area contributed by atoms with Gasteiger partial charge in [0, 0.05) is 12.0 Å². The average Bonchev–Trinajstić information content (AvgIpc) is 2.49. The van der Waals surface area contributed by atoms with Gasteiger partial charge in [0.1, 0.15) is 5.75 Å². The van der Waals surface area contributed by atoms with E-state index in [-0.39, 0.29) is 5.78 Å². The van der Waals surface area contributed by atoms with E-state index in [9.17, 15) is 4.79 Å². The highest BCUT2D eigenvalue weighted by Gasteiger charge is 2.23. The number of hydrogen-bond acceptors (Lipinski definition) is 3. The molecule has 0 radical (unpaired) electrons. The Morgan fingerprint density at radius 1 is 1.38 bits per heavy atom. The van der Waals surface area contributed by atoms with E-state index in [1.54, 1.807) is 7.11 Å². The number of aryl methyl sites for hydroxylation is 1. The van der Waals surface area contributed by atoms with Gasteiger partial charge in [-0.1, -0.05) is 6.07 Å². The van der Waals surface area contributed by atoms with Crippen molar-refractivity contribution in [2.45, 2.75) is 12.8 Å². The van der Waals surface area contributed by atoms with Gasteiger partial charge in [-0.3, -0.25) is 4.79 Å². The molecule has 0 bridgehead atoms. The standard InChI is InChI=1S/C10H11NO2/c1-13-8-5-3-6-2-4-7(12)9(6)10(8)11/h3,5H,2,4,11H2,1H3. The summed E-state index contributed by atoms with van der Waals surface area (Å²) in [6, 6.07) is 3.72. The van der Waals surface area contributed by atoms with E-state index in [0.717, 1.165) is 12.0 Å². The lowest BCUT2D eigenvalue weighted by molar-refractivity contribution is 0.0995. The molecule has 3 nitrogen and oxygen atoms in total. The van der Waals surface area contributed by atoms with Gasteiger partial charge in [-0.05, 0) is 18.1 Å². The number of ether oxygens (including phenoxy) is 1. The summed E-state index contributed by atoms with van der Waals surface area (Å²) in [7, 11) is 1.55. The van der Waals surface area contributed by atoms with Crippen molar-refractivity contribution in [3.63, 3.8) is 0 Å². The zero-order valence-corrected chi connectivity index (χ0v) is 7.46. The fourth-order valence-electron chi connectivity index (χ4n) is 1.73. The van der Waals surface area contributed by atoms with Crippen molar-refractivity contribution in [1.82, 2.24) is 0 Å². The monoisotopic (exact) mass is 177 g/mol. The number of carbonyl (C=O) groups excluding carboxylic acids is 1. The SMILES string of the molecule is COc1ccc2c(c1N)C(=O)CC2. The number of methoxy groups -OCH3 is 1. The molecule has 1 aliphatic carbocycles. The molecule has 0 spiro atoms. The highest BCUT2D eigenvalue weighted by Crippen LogP contribution is 2.33. The van der Waals surface area contributed by atoms with Gasteiger partial charge in [0.25, 0.3) is 0 Å². The Labute approximate surface area is 76.5 Å². The van der Waals surface area contributed by atoms with E-state index in [1.165, 1.54) is 0 Å². The molecule has 0 fully saturated rings. The van der Waals surface area contributed by atoms with Crippen molar-refractivity contribution in [1.29, 1.82) is 0 Å². The summed E-state index contributed by atoms with van der Waals surface area (Å²) in [5.74, 6) is 0.723. The lowest BCUT2D eigenvalue weighted by Gasteiger charge is -2.07. The molecule has 2 rings (SSSR count). The van der Waals surface area contributed by atoms with Crippen LogP contribution in [-0.4, -0.2) is 12.9 Å². The Morgan fingerprint density at radius 3 is 2.85 bits per heavy atom. The van der Waals surface area contributed by atoms with Crippen LogP contribution >= 0.6 is 0 Å². The van der Waals surface area contributed by atoms with Crippen LogP contribution in [0.1, 0.15) is 22.3 Å². The van der Waals surface area contributed by atoms with Gasteiger partial charge in [-0.25, -0.2) is 0 Å². The quantitative estimate of drug-likeness (QED) is 0.660. The first-order chi connectivity index (χ1) is 6.24. The zero-order chi connectivity index (χ0) is 9.42. The number of Topliss-reactive ketones (excluding diaryl/α,β-unsaturated/α-hetero) is 1. The molecular weight excluding hydrogens is 166 g/mol. The van der Waals surface area contributed by atoms with Crippen LogP contribution in [0.4, 0.5) is 5.69 Å². The van der Waals surface area contributed by atoms with Crippen molar-refractivity contribution in [3.8, 4) is 5.75 Å².